The van der Waals surface area contributed by atoms with Crippen molar-refractivity contribution in [1.29, 1.82) is 0 Å². The number of nitrogens with two attached hydrogens (primary N) is 1. The lowest BCUT2D eigenvalue weighted by molar-refractivity contribution is -0.140. The molecule has 13 heavy (non-hydrogen) atoms. The number of carboxylic acids is 1. The normalized spacial score (nSPS) is 12.4. The van der Waals surface area contributed by atoms with Gasteiger partial charge in [0.2, 0.25) is 5.91 Å². The lowest BCUT2D eigenvalue weighted by atomic mass is 9.97. The number of primary amides is 1. The summed E-state index contributed by atoms with van der Waals surface area (Å²) in [6, 6.07) is 0. The Kier molecular flexibility index (Phi) is 5.93. The fourth-order valence-corrected chi connectivity index (χ4v) is 1.20. The van der Waals surface area contributed by atoms with Crippen LogP contribution in [-0.2, 0) is 9.59 Å². The molecule has 0 radical (unpaired) electrons. The molecule has 0 aromatic rings. The lowest BCUT2D eigenvalue weighted by Crippen LogP contribution is -2.25. The van der Waals surface area contributed by atoms with E-state index in [9.17, 15) is 9.59 Å². The average molecular weight is 187 g/mol. The van der Waals surface area contributed by atoms with E-state index >= 15 is 0 Å². The minimum absolute atomic E-state index is 0.140. The molecular weight excluding hydrogens is 170 g/mol. The summed E-state index contributed by atoms with van der Waals surface area (Å²) < 4.78 is 0. The Balaban J connectivity index is 3.81. The van der Waals surface area contributed by atoms with Crippen LogP contribution in [0, 0.1) is 5.92 Å². The first kappa shape index (κ1) is 11.9. The van der Waals surface area contributed by atoms with Crippen LogP contribution in [0.3, 0.4) is 0 Å². The molecule has 1 amide bonds. The van der Waals surface area contributed by atoms with Gasteiger partial charge in [0.25, 0.3) is 0 Å². The zero-order valence-electron chi connectivity index (χ0n) is 7.95. The predicted octanol–water partition coefficient (Wildman–Crippen LogP) is 1.14. The van der Waals surface area contributed by atoms with Crippen molar-refractivity contribution in [2.24, 2.45) is 11.7 Å². The molecule has 0 aliphatic heterocycles. The van der Waals surface area contributed by atoms with Crippen molar-refractivity contribution in [3.8, 4) is 0 Å². The molecule has 4 heteroatoms. The number of aliphatic carboxylic acids is 1. The molecule has 3 N–H and O–H groups in total. The highest BCUT2D eigenvalue weighted by atomic mass is 16.4. The summed E-state index contributed by atoms with van der Waals surface area (Å²) >= 11 is 0. The average Bonchev–Trinajstić information content (AvgIpc) is 2.02. The summed E-state index contributed by atoms with van der Waals surface area (Å²) in [7, 11) is 0. The van der Waals surface area contributed by atoms with Gasteiger partial charge in [-0.25, -0.2) is 0 Å². The Morgan fingerprint density at radius 2 is 2.00 bits per heavy atom. The first-order valence-corrected chi connectivity index (χ1v) is 4.59. The molecule has 76 valence electrons. The van der Waals surface area contributed by atoms with E-state index in [1.165, 1.54) is 0 Å². The van der Waals surface area contributed by atoms with E-state index < -0.39 is 17.8 Å². The van der Waals surface area contributed by atoms with Crippen LogP contribution in [0.5, 0.6) is 0 Å². The summed E-state index contributed by atoms with van der Waals surface area (Å²) in [6.07, 6.45) is 3.40. The molecule has 0 bridgehead atoms. The highest BCUT2D eigenvalue weighted by molar-refractivity contribution is 5.81. The van der Waals surface area contributed by atoms with Crippen LogP contribution in [0.4, 0.5) is 0 Å². The van der Waals surface area contributed by atoms with Crippen LogP contribution in [0.25, 0.3) is 0 Å². The van der Waals surface area contributed by atoms with Crippen LogP contribution >= 0.6 is 0 Å². The van der Waals surface area contributed by atoms with Gasteiger partial charge in [-0.15, -0.1) is 0 Å². The number of amides is 1. The first-order chi connectivity index (χ1) is 6.07. The number of hydrogen-bond acceptors (Lipinski definition) is 2. The second-order valence-corrected chi connectivity index (χ2v) is 3.19. The molecule has 0 aliphatic carbocycles. The van der Waals surface area contributed by atoms with E-state index in [1.54, 1.807) is 0 Å². The zero-order valence-corrected chi connectivity index (χ0v) is 7.95. The van der Waals surface area contributed by atoms with Crippen molar-refractivity contribution in [3.05, 3.63) is 0 Å². The van der Waals surface area contributed by atoms with Crippen molar-refractivity contribution in [3.63, 3.8) is 0 Å². The highest BCUT2D eigenvalue weighted by Gasteiger charge is 2.17. The fraction of sp³-hybridized carbons (Fsp3) is 0.778. The molecule has 0 aromatic heterocycles. The van der Waals surface area contributed by atoms with Crippen molar-refractivity contribution >= 4 is 11.9 Å². The van der Waals surface area contributed by atoms with Gasteiger partial charge in [-0.2, -0.15) is 0 Å². The number of rotatable bonds is 7. The number of carbonyl (C=O) groups is 2. The van der Waals surface area contributed by atoms with Gasteiger partial charge in [0.15, 0.2) is 0 Å². The van der Waals surface area contributed by atoms with Crippen molar-refractivity contribution in [2.75, 3.05) is 0 Å². The predicted molar refractivity (Wildman–Crippen MR) is 49.1 cm³/mol. The topological polar surface area (TPSA) is 80.4 Å². The zero-order chi connectivity index (χ0) is 10.3. The van der Waals surface area contributed by atoms with Crippen molar-refractivity contribution < 1.29 is 14.7 Å². The second-order valence-electron chi connectivity index (χ2n) is 3.19. The molecule has 1 unspecified atom stereocenters. The number of unbranched alkanes of at least 4 members (excludes halogenated alkanes) is 2. The minimum atomic E-state index is -0.958. The largest absolute Gasteiger partial charge is 0.481 e. The van der Waals surface area contributed by atoms with E-state index in [2.05, 4.69) is 6.92 Å². The molecule has 0 aromatic carbocycles. The SMILES string of the molecule is CCCCCC(CC(=O)O)C(N)=O. The molecular formula is C9H17NO3. The summed E-state index contributed by atoms with van der Waals surface area (Å²) in [5.74, 6) is -1.96. The standard InChI is InChI=1S/C9H17NO3/c1-2-3-4-5-7(9(10)13)6-8(11)12/h7H,2-6H2,1H3,(H2,10,13)(H,11,12). The van der Waals surface area contributed by atoms with Gasteiger partial charge in [-0.05, 0) is 6.42 Å². The maximum absolute atomic E-state index is 10.8. The second kappa shape index (κ2) is 6.46. The lowest BCUT2D eigenvalue weighted by Gasteiger charge is -2.09. The molecule has 0 saturated heterocycles. The molecule has 0 rings (SSSR count). The van der Waals surface area contributed by atoms with E-state index in [4.69, 9.17) is 10.8 Å². The van der Waals surface area contributed by atoms with Crippen molar-refractivity contribution in [1.82, 2.24) is 0 Å². The number of carboxylic acid groups (broad SMARTS) is 1. The summed E-state index contributed by atoms with van der Waals surface area (Å²) in [5, 5.41) is 8.48. The van der Waals surface area contributed by atoms with Crippen LogP contribution in [0.2, 0.25) is 0 Å². The van der Waals surface area contributed by atoms with Crippen LogP contribution in [0.15, 0.2) is 0 Å². The quantitative estimate of drug-likeness (QED) is 0.586. The summed E-state index contributed by atoms with van der Waals surface area (Å²) in [5.41, 5.74) is 5.06. The Hall–Kier alpha value is -1.06. The molecule has 0 heterocycles. The van der Waals surface area contributed by atoms with E-state index in [0.717, 1.165) is 19.3 Å². The van der Waals surface area contributed by atoms with Crippen LogP contribution in [-0.4, -0.2) is 17.0 Å². The van der Waals surface area contributed by atoms with Gasteiger partial charge in [0.1, 0.15) is 0 Å². The maximum Gasteiger partial charge on any atom is 0.304 e. The van der Waals surface area contributed by atoms with Crippen LogP contribution < -0.4 is 5.73 Å². The Bertz CT molecular complexity index is 180. The van der Waals surface area contributed by atoms with Crippen molar-refractivity contribution in [2.45, 2.75) is 39.0 Å². The monoisotopic (exact) mass is 187 g/mol. The molecule has 0 fully saturated rings. The third kappa shape index (κ3) is 6.13. The van der Waals surface area contributed by atoms with E-state index in [0.29, 0.717) is 6.42 Å². The Morgan fingerprint density at radius 3 is 2.38 bits per heavy atom. The molecule has 0 aliphatic rings. The first-order valence-electron chi connectivity index (χ1n) is 4.59. The highest BCUT2D eigenvalue weighted by Crippen LogP contribution is 2.13. The van der Waals surface area contributed by atoms with Gasteiger partial charge in [0.05, 0.1) is 6.42 Å². The van der Waals surface area contributed by atoms with E-state index in [1.807, 2.05) is 0 Å². The van der Waals surface area contributed by atoms with Crippen LogP contribution in [0.1, 0.15) is 39.0 Å². The Morgan fingerprint density at radius 1 is 1.38 bits per heavy atom. The summed E-state index contributed by atoms with van der Waals surface area (Å²) in [4.78, 5) is 21.1. The molecule has 0 spiro atoms. The molecule has 4 nitrogen and oxygen atoms in total. The molecule has 1 atom stereocenters. The van der Waals surface area contributed by atoms with Gasteiger partial charge in [-0.3, -0.25) is 9.59 Å². The third-order valence-electron chi connectivity index (χ3n) is 1.98. The maximum atomic E-state index is 10.8. The number of hydrogen-bond donors (Lipinski definition) is 2. The summed E-state index contributed by atoms with van der Waals surface area (Å²) in [6.45, 7) is 2.05. The fourth-order valence-electron chi connectivity index (χ4n) is 1.20. The third-order valence-corrected chi connectivity index (χ3v) is 1.98. The smallest absolute Gasteiger partial charge is 0.304 e. The molecule has 0 saturated carbocycles. The number of carbonyl (C=O) groups excluding carboxylic acids is 1. The van der Waals surface area contributed by atoms with Gasteiger partial charge in [0, 0.05) is 5.92 Å². The van der Waals surface area contributed by atoms with Gasteiger partial charge < -0.3 is 10.8 Å². The minimum Gasteiger partial charge on any atom is -0.481 e. The Labute approximate surface area is 78.1 Å². The van der Waals surface area contributed by atoms with Gasteiger partial charge >= 0.3 is 5.97 Å². The van der Waals surface area contributed by atoms with Gasteiger partial charge in [-0.1, -0.05) is 26.2 Å². The van der Waals surface area contributed by atoms with E-state index in [-0.39, 0.29) is 6.42 Å².